The van der Waals surface area contributed by atoms with Gasteiger partial charge in [-0.1, -0.05) is 24.3 Å². The van der Waals surface area contributed by atoms with Gasteiger partial charge in [0.25, 0.3) is 5.69 Å². The minimum Gasteiger partial charge on any atom is -0.473 e. The number of piperazine rings is 1. The molecule has 0 spiro atoms. The molecule has 42 heavy (non-hydrogen) atoms. The van der Waals surface area contributed by atoms with E-state index in [9.17, 15) is 24.1 Å². The van der Waals surface area contributed by atoms with Crippen molar-refractivity contribution in [3.63, 3.8) is 0 Å². The van der Waals surface area contributed by atoms with Crippen molar-refractivity contribution >= 4 is 51.5 Å². The van der Waals surface area contributed by atoms with Crippen molar-refractivity contribution in [3.8, 4) is 11.1 Å². The lowest BCUT2D eigenvalue weighted by atomic mass is 10.0. The molecule has 0 radical (unpaired) electrons. The van der Waals surface area contributed by atoms with E-state index >= 15 is 0 Å². The molecule has 0 bridgehead atoms. The van der Waals surface area contributed by atoms with E-state index in [1.54, 1.807) is 42.6 Å². The number of amides is 1. The summed E-state index contributed by atoms with van der Waals surface area (Å²) < 4.78 is 18.6. The van der Waals surface area contributed by atoms with Crippen LogP contribution in [-0.2, 0) is 19.1 Å². The van der Waals surface area contributed by atoms with Gasteiger partial charge in [-0.3, -0.25) is 19.8 Å². The lowest BCUT2D eigenvalue weighted by molar-refractivity contribution is -0.384. The molecule has 2 heterocycles. The summed E-state index contributed by atoms with van der Waals surface area (Å²) in [5.41, 5.74) is 2.07. The Hall–Kier alpha value is -4.89. The number of para-hydroxylation sites is 2. The molecule has 222 valence electrons. The van der Waals surface area contributed by atoms with Crippen molar-refractivity contribution in [2.45, 2.75) is 6.92 Å². The smallest absolute Gasteiger partial charge is 0.414 e. The predicted octanol–water partition coefficient (Wildman–Crippen LogP) is 3.56. The Morgan fingerprint density at radius 2 is 1.64 bits per heavy atom. The third-order valence-corrected chi connectivity index (χ3v) is 6.92. The number of ether oxygens (including phenoxy) is 1. The minimum absolute atomic E-state index is 0.0600. The second-order valence-electron chi connectivity index (χ2n) is 8.75. The SMILES string of the molecule is CCOC(=O)c1c(-c2ccc(F)cc2)csc1NC(=O)CN1CCN(c2ccccc2[N+](=O)[O-])CC1.O=C(O)C(=O)O. The highest BCUT2D eigenvalue weighted by Crippen LogP contribution is 2.36. The zero-order valence-corrected chi connectivity index (χ0v) is 23.1. The van der Waals surface area contributed by atoms with Gasteiger partial charge in [0.2, 0.25) is 5.91 Å². The second kappa shape index (κ2) is 14.7. The van der Waals surface area contributed by atoms with Gasteiger partial charge < -0.3 is 25.2 Å². The molecule has 1 amide bonds. The summed E-state index contributed by atoms with van der Waals surface area (Å²) in [5.74, 6) is -4.88. The number of carboxylic acid groups (broad SMARTS) is 2. The number of rotatable bonds is 8. The number of nitrogens with one attached hydrogen (secondary N) is 1. The number of aliphatic carboxylic acids is 2. The van der Waals surface area contributed by atoms with Crippen LogP contribution in [0.5, 0.6) is 0 Å². The maximum atomic E-state index is 13.4. The number of nitrogens with zero attached hydrogens (tertiary/aromatic N) is 3. The number of nitro benzene ring substituents is 1. The number of anilines is 2. The number of esters is 1. The summed E-state index contributed by atoms with van der Waals surface area (Å²) in [5, 5.41) is 31.1. The van der Waals surface area contributed by atoms with E-state index in [0.717, 1.165) is 0 Å². The van der Waals surface area contributed by atoms with Crippen LogP contribution in [0.25, 0.3) is 11.1 Å². The average Bonchev–Trinajstić information content (AvgIpc) is 3.37. The number of halogens is 1. The largest absolute Gasteiger partial charge is 0.473 e. The van der Waals surface area contributed by atoms with Gasteiger partial charge in [-0.25, -0.2) is 18.8 Å². The second-order valence-corrected chi connectivity index (χ2v) is 9.63. The zero-order chi connectivity index (χ0) is 30.8. The molecule has 1 aliphatic rings. The Balaban J connectivity index is 0.000000730. The number of hydrogen-bond acceptors (Lipinski definition) is 10. The molecule has 13 nitrogen and oxygen atoms in total. The monoisotopic (exact) mass is 602 g/mol. The van der Waals surface area contributed by atoms with Crippen molar-refractivity contribution in [2.24, 2.45) is 0 Å². The molecule has 0 saturated carbocycles. The van der Waals surface area contributed by atoms with E-state index in [4.69, 9.17) is 24.5 Å². The summed E-state index contributed by atoms with van der Waals surface area (Å²) in [7, 11) is 0. The molecule has 0 atom stereocenters. The van der Waals surface area contributed by atoms with E-state index in [-0.39, 0.29) is 36.1 Å². The Kier molecular flexibility index (Phi) is 11.0. The predicted molar refractivity (Wildman–Crippen MR) is 151 cm³/mol. The molecule has 1 aliphatic heterocycles. The van der Waals surface area contributed by atoms with Gasteiger partial charge in [-0.05, 0) is 30.7 Å². The Morgan fingerprint density at radius 1 is 1.02 bits per heavy atom. The molecular weight excluding hydrogens is 575 g/mol. The molecule has 3 N–H and O–H groups in total. The first-order valence-corrected chi connectivity index (χ1v) is 13.4. The van der Waals surface area contributed by atoms with Crippen molar-refractivity contribution in [2.75, 3.05) is 49.5 Å². The number of carbonyl (C=O) groups is 4. The Morgan fingerprint density at radius 3 is 2.21 bits per heavy atom. The number of benzene rings is 2. The first-order valence-electron chi connectivity index (χ1n) is 12.5. The van der Waals surface area contributed by atoms with Crippen LogP contribution in [-0.4, -0.2) is 83.2 Å². The molecule has 3 aromatic rings. The Labute approximate surface area is 242 Å². The molecule has 1 saturated heterocycles. The number of hydrogen-bond donors (Lipinski definition) is 3. The highest BCUT2D eigenvalue weighted by Gasteiger charge is 2.26. The van der Waals surface area contributed by atoms with Crippen molar-refractivity contribution < 1.29 is 43.4 Å². The molecular formula is C27H27FN4O9S. The lowest BCUT2D eigenvalue weighted by Crippen LogP contribution is -2.48. The van der Waals surface area contributed by atoms with Gasteiger partial charge in [-0.2, -0.15) is 0 Å². The third kappa shape index (κ3) is 8.31. The zero-order valence-electron chi connectivity index (χ0n) is 22.3. The first kappa shape index (κ1) is 31.6. The van der Waals surface area contributed by atoms with Crippen LogP contribution in [0.2, 0.25) is 0 Å². The minimum atomic E-state index is -1.82. The van der Waals surface area contributed by atoms with E-state index in [2.05, 4.69) is 5.32 Å². The molecule has 0 unspecified atom stereocenters. The fourth-order valence-electron chi connectivity index (χ4n) is 4.10. The fraction of sp³-hybridized carbons (Fsp3) is 0.259. The van der Waals surface area contributed by atoms with E-state index in [1.165, 1.54) is 29.5 Å². The summed E-state index contributed by atoms with van der Waals surface area (Å²) in [6.07, 6.45) is 0. The molecule has 2 aromatic carbocycles. The number of carbonyl (C=O) groups excluding carboxylic acids is 2. The molecule has 0 aliphatic carbocycles. The van der Waals surface area contributed by atoms with Gasteiger partial charge in [0.1, 0.15) is 22.1 Å². The normalized spacial score (nSPS) is 13.0. The van der Waals surface area contributed by atoms with Crippen LogP contribution in [0.3, 0.4) is 0 Å². The summed E-state index contributed by atoms with van der Waals surface area (Å²) >= 11 is 1.20. The van der Waals surface area contributed by atoms with Gasteiger partial charge in [0, 0.05) is 43.2 Å². The van der Waals surface area contributed by atoms with Crippen molar-refractivity contribution in [1.82, 2.24) is 4.90 Å². The third-order valence-electron chi connectivity index (χ3n) is 6.02. The summed E-state index contributed by atoms with van der Waals surface area (Å²) in [6, 6.07) is 12.4. The average molecular weight is 603 g/mol. The summed E-state index contributed by atoms with van der Waals surface area (Å²) in [4.78, 5) is 58.6. The molecule has 1 aromatic heterocycles. The van der Waals surface area contributed by atoms with Crippen LogP contribution < -0.4 is 10.2 Å². The maximum Gasteiger partial charge on any atom is 0.414 e. The van der Waals surface area contributed by atoms with Gasteiger partial charge in [0.15, 0.2) is 0 Å². The number of carboxylic acids is 2. The molecule has 4 rings (SSSR count). The first-order chi connectivity index (χ1) is 20.0. The number of nitro groups is 1. The van der Waals surface area contributed by atoms with Crippen LogP contribution in [0.1, 0.15) is 17.3 Å². The fourth-order valence-corrected chi connectivity index (χ4v) is 5.07. The van der Waals surface area contributed by atoms with Gasteiger partial charge in [0.05, 0.1) is 18.1 Å². The maximum absolute atomic E-state index is 13.4. The molecule has 15 heteroatoms. The van der Waals surface area contributed by atoms with E-state index in [1.807, 2.05) is 9.80 Å². The highest BCUT2D eigenvalue weighted by molar-refractivity contribution is 7.15. The van der Waals surface area contributed by atoms with Crippen LogP contribution in [0, 0.1) is 15.9 Å². The quantitative estimate of drug-likeness (QED) is 0.149. The van der Waals surface area contributed by atoms with Crippen LogP contribution >= 0.6 is 11.3 Å². The van der Waals surface area contributed by atoms with Gasteiger partial charge in [-0.15, -0.1) is 11.3 Å². The van der Waals surface area contributed by atoms with Gasteiger partial charge >= 0.3 is 17.9 Å². The lowest BCUT2D eigenvalue weighted by Gasteiger charge is -2.35. The van der Waals surface area contributed by atoms with Crippen molar-refractivity contribution in [3.05, 3.63) is 75.4 Å². The van der Waals surface area contributed by atoms with E-state index in [0.29, 0.717) is 48.0 Å². The number of thiophene rings is 1. The highest BCUT2D eigenvalue weighted by atomic mass is 32.1. The van der Waals surface area contributed by atoms with E-state index < -0.39 is 22.8 Å². The van der Waals surface area contributed by atoms with Crippen LogP contribution in [0.15, 0.2) is 53.9 Å². The Bertz CT molecular complexity index is 1440. The van der Waals surface area contributed by atoms with Crippen LogP contribution in [0.4, 0.5) is 20.8 Å². The molecule has 1 fully saturated rings. The standard InChI is InChI=1S/C25H25FN4O5S.C2H2O4/c1-2-35-25(32)23-19(17-7-9-18(26)10-8-17)16-36-24(23)27-22(31)15-28-11-13-29(14-12-28)20-5-3-4-6-21(20)30(33)34;3-1(4)2(5)6/h3-10,16H,2,11-15H2,1H3,(H,27,31);(H,3,4)(H,5,6). The summed E-state index contributed by atoms with van der Waals surface area (Å²) in [6.45, 7) is 4.17. The topological polar surface area (TPSA) is 180 Å². The van der Waals surface area contributed by atoms with Crippen molar-refractivity contribution in [1.29, 1.82) is 0 Å².